The number of ether oxygens (including phenoxy) is 1. The van der Waals surface area contributed by atoms with Crippen molar-refractivity contribution in [1.29, 1.82) is 0 Å². The van der Waals surface area contributed by atoms with Gasteiger partial charge in [0.05, 0.1) is 12.6 Å². The topological polar surface area (TPSA) is 62.9 Å². The first kappa shape index (κ1) is 16.5. The van der Waals surface area contributed by atoms with Gasteiger partial charge in [-0.15, -0.1) is 0 Å². The van der Waals surface area contributed by atoms with E-state index in [1.54, 1.807) is 0 Å². The summed E-state index contributed by atoms with van der Waals surface area (Å²) in [7, 11) is 2.09. The van der Waals surface area contributed by atoms with Crippen molar-refractivity contribution in [3.63, 3.8) is 0 Å². The Balaban J connectivity index is 1.72. The molecule has 0 aliphatic heterocycles. The van der Waals surface area contributed by atoms with Crippen molar-refractivity contribution >= 4 is 0 Å². The van der Waals surface area contributed by atoms with Gasteiger partial charge in [0.2, 0.25) is 5.43 Å². The summed E-state index contributed by atoms with van der Waals surface area (Å²) in [6.45, 7) is 3.43. The van der Waals surface area contributed by atoms with Crippen LogP contribution < -0.4 is 5.43 Å². The van der Waals surface area contributed by atoms with E-state index in [9.17, 15) is 9.90 Å². The van der Waals surface area contributed by atoms with Crippen molar-refractivity contribution in [3.8, 4) is 5.75 Å². The summed E-state index contributed by atoms with van der Waals surface area (Å²) in [5.74, 6) is 0.265. The summed E-state index contributed by atoms with van der Waals surface area (Å²) in [6, 6.07) is 1.86. The Morgan fingerprint density at radius 1 is 1.39 bits per heavy atom. The summed E-state index contributed by atoms with van der Waals surface area (Å²) >= 11 is 0. The van der Waals surface area contributed by atoms with E-state index >= 15 is 0 Å². The highest BCUT2D eigenvalue weighted by molar-refractivity contribution is 5.16. The smallest absolute Gasteiger partial charge is 0.226 e. The molecule has 1 N–H and O–H groups in total. The minimum Gasteiger partial charge on any atom is -0.502 e. The van der Waals surface area contributed by atoms with Crippen molar-refractivity contribution < 1.29 is 14.3 Å². The molecule has 5 nitrogen and oxygen atoms in total. The van der Waals surface area contributed by atoms with E-state index in [1.165, 1.54) is 38.2 Å². The van der Waals surface area contributed by atoms with E-state index in [4.69, 9.17) is 9.15 Å². The number of rotatable bonds is 5. The van der Waals surface area contributed by atoms with E-state index in [1.807, 2.05) is 0 Å². The lowest BCUT2D eigenvalue weighted by atomic mass is 9.54. The minimum atomic E-state index is -0.382. The summed E-state index contributed by atoms with van der Waals surface area (Å²) in [5, 5.41) is 9.30. The van der Waals surface area contributed by atoms with E-state index in [0.717, 1.165) is 19.3 Å². The largest absolute Gasteiger partial charge is 0.502 e. The van der Waals surface area contributed by atoms with Crippen LogP contribution >= 0.6 is 0 Å². The lowest BCUT2D eigenvalue weighted by Crippen LogP contribution is -2.64. The van der Waals surface area contributed by atoms with Gasteiger partial charge in [-0.05, 0) is 33.2 Å². The molecule has 128 valence electrons. The zero-order chi connectivity index (χ0) is 16.4. The fourth-order valence-electron chi connectivity index (χ4n) is 4.53. The van der Waals surface area contributed by atoms with Gasteiger partial charge < -0.3 is 14.3 Å². The number of hydrogen-bond donors (Lipinski definition) is 1. The maximum Gasteiger partial charge on any atom is 0.226 e. The van der Waals surface area contributed by atoms with Crippen LogP contribution in [0.25, 0.3) is 0 Å². The van der Waals surface area contributed by atoms with Crippen molar-refractivity contribution in [2.24, 2.45) is 5.41 Å². The monoisotopic (exact) mass is 321 g/mol. The molecule has 3 rings (SSSR count). The average molecular weight is 321 g/mol. The Morgan fingerprint density at radius 2 is 2.13 bits per heavy atom. The predicted octanol–water partition coefficient (Wildman–Crippen LogP) is 2.91. The second kappa shape index (κ2) is 6.65. The van der Waals surface area contributed by atoms with E-state index in [2.05, 4.69) is 18.9 Å². The molecular weight excluding hydrogens is 294 g/mol. The summed E-state index contributed by atoms with van der Waals surface area (Å²) < 4.78 is 11.4. The maximum absolute atomic E-state index is 11.6. The Labute approximate surface area is 137 Å². The maximum atomic E-state index is 11.6. The first-order valence-electron chi connectivity index (χ1n) is 8.69. The van der Waals surface area contributed by atoms with Crippen LogP contribution in [0, 0.1) is 5.41 Å². The highest BCUT2D eigenvalue weighted by atomic mass is 16.5. The molecule has 5 heteroatoms. The third kappa shape index (κ3) is 3.04. The van der Waals surface area contributed by atoms with E-state index in [0.29, 0.717) is 24.5 Å². The summed E-state index contributed by atoms with van der Waals surface area (Å²) in [6.07, 6.45) is 8.89. The third-order valence-electron chi connectivity index (χ3n) is 5.70. The SMILES string of the molecule is CCOC1CC(N(C)Cc2cc(=O)c(O)co2)C12CCCCC2. The molecular formula is C18H27NO4. The van der Waals surface area contributed by atoms with Crippen molar-refractivity contribution in [3.05, 3.63) is 28.3 Å². The van der Waals surface area contributed by atoms with Crippen LogP contribution in [0.2, 0.25) is 0 Å². The molecule has 1 heterocycles. The molecule has 2 saturated carbocycles. The van der Waals surface area contributed by atoms with Gasteiger partial charge in [-0.2, -0.15) is 0 Å². The molecule has 2 atom stereocenters. The van der Waals surface area contributed by atoms with E-state index in [-0.39, 0.29) is 16.6 Å². The molecule has 2 unspecified atom stereocenters. The predicted molar refractivity (Wildman–Crippen MR) is 87.4 cm³/mol. The average Bonchev–Trinajstić information content (AvgIpc) is 2.55. The molecule has 1 aromatic heterocycles. The lowest BCUT2D eigenvalue weighted by molar-refractivity contribution is -0.180. The van der Waals surface area contributed by atoms with Crippen molar-refractivity contribution in [2.75, 3.05) is 13.7 Å². The molecule has 23 heavy (non-hydrogen) atoms. The second-order valence-electron chi connectivity index (χ2n) is 7.00. The minimum absolute atomic E-state index is 0.264. The fourth-order valence-corrected chi connectivity index (χ4v) is 4.53. The highest BCUT2D eigenvalue weighted by Gasteiger charge is 2.56. The zero-order valence-electron chi connectivity index (χ0n) is 14.1. The van der Waals surface area contributed by atoms with Crippen LogP contribution in [0.4, 0.5) is 0 Å². The fraction of sp³-hybridized carbons (Fsp3) is 0.722. The van der Waals surface area contributed by atoms with Gasteiger partial charge in [0, 0.05) is 24.1 Å². The van der Waals surface area contributed by atoms with Gasteiger partial charge >= 0.3 is 0 Å². The third-order valence-corrected chi connectivity index (χ3v) is 5.70. The Bertz CT molecular complexity index is 591. The van der Waals surface area contributed by atoms with E-state index < -0.39 is 0 Å². The highest BCUT2D eigenvalue weighted by Crippen LogP contribution is 2.55. The summed E-state index contributed by atoms with van der Waals surface area (Å²) in [4.78, 5) is 13.8. The lowest BCUT2D eigenvalue weighted by Gasteiger charge is -2.60. The van der Waals surface area contributed by atoms with Crippen molar-refractivity contribution in [2.45, 2.75) is 64.1 Å². The van der Waals surface area contributed by atoms with Crippen LogP contribution in [-0.2, 0) is 11.3 Å². The molecule has 0 amide bonds. The van der Waals surface area contributed by atoms with Crippen molar-refractivity contribution in [1.82, 2.24) is 4.90 Å². The van der Waals surface area contributed by atoms with Crippen LogP contribution in [0.15, 0.2) is 21.5 Å². The standard InChI is InChI=1S/C18H27NO4/c1-3-22-17-10-16(18(17)7-5-4-6-8-18)19(2)11-13-9-14(20)15(21)12-23-13/h9,12,16-17,21H,3-8,10-11H2,1-2H3. The van der Waals surface area contributed by atoms with Crippen LogP contribution in [0.1, 0.15) is 51.2 Å². The Kier molecular flexibility index (Phi) is 4.78. The van der Waals surface area contributed by atoms with Gasteiger partial charge in [-0.1, -0.05) is 19.3 Å². The van der Waals surface area contributed by atoms with Gasteiger partial charge in [-0.3, -0.25) is 9.69 Å². The summed E-state index contributed by atoms with van der Waals surface area (Å²) in [5.41, 5.74) is -0.118. The molecule has 2 aliphatic carbocycles. The molecule has 0 bridgehead atoms. The number of nitrogens with zero attached hydrogens (tertiary/aromatic N) is 1. The quantitative estimate of drug-likeness (QED) is 0.903. The molecule has 2 fully saturated rings. The molecule has 0 saturated heterocycles. The Morgan fingerprint density at radius 3 is 2.78 bits per heavy atom. The molecule has 0 aromatic carbocycles. The number of aromatic hydroxyl groups is 1. The molecule has 2 aliphatic rings. The first-order chi connectivity index (χ1) is 11.1. The van der Waals surface area contributed by atoms with Gasteiger partial charge in [0.25, 0.3) is 0 Å². The van der Waals surface area contributed by atoms with Gasteiger partial charge in [-0.25, -0.2) is 0 Å². The molecule has 0 radical (unpaired) electrons. The van der Waals surface area contributed by atoms with Crippen LogP contribution in [0.5, 0.6) is 5.75 Å². The van der Waals surface area contributed by atoms with Gasteiger partial charge in [0.1, 0.15) is 12.0 Å². The molecule has 1 spiro atoms. The zero-order valence-corrected chi connectivity index (χ0v) is 14.1. The first-order valence-corrected chi connectivity index (χ1v) is 8.69. The van der Waals surface area contributed by atoms with Gasteiger partial charge in [0.15, 0.2) is 5.75 Å². The Hall–Kier alpha value is -1.33. The van der Waals surface area contributed by atoms with Crippen LogP contribution in [-0.4, -0.2) is 35.8 Å². The molecule has 1 aromatic rings. The number of hydrogen-bond acceptors (Lipinski definition) is 5. The second-order valence-corrected chi connectivity index (χ2v) is 7.00. The normalized spacial score (nSPS) is 26.4. The van der Waals surface area contributed by atoms with Crippen LogP contribution in [0.3, 0.4) is 0 Å².